The normalized spacial score (nSPS) is 15.2. The average Bonchev–Trinajstić information content (AvgIpc) is 2.59. The van der Waals surface area contributed by atoms with Crippen LogP contribution in [0.1, 0.15) is 39.5 Å². The highest BCUT2D eigenvalue weighted by molar-refractivity contribution is 5.87. The van der Waals surface area contributed by atoms with E-state index in [1.54, 1.807) is 20.1 Å². The van der Waals surface area contributed by atoms with Crippen molar-refractivity contribution in [2.24, 2.45) is 5.92 Å². The van der Waals surface area contributed by atoms with Crippen molar-refractivity contribution in [1.82, 2.24) is 0 Å². The van der Waals surface area contributed by atoms with Crippen LogP contribution in [0.15, 0.2) is 24.3 Å². The number of unbranched alkanes of at least 4 members (excludes halogenated alkanes) is 1. The summed E-state index contributed by atoms with van der Waals surface area (Å²) in [6.07, 6.45) is 10.3. The van der Waals surface area contributed by atoms with Crippen LogP contribution in [0.4, 0.5) is 0 Å². The summed E-state index contributed by atoms with van der Waals surface area (Å²) >= 11 is 0. The van der Waals surface area contributed by atoms with E-state index in [1.807, 2.05) is 6.92 Å². The van der Waals surface area contributed by atoms with Crippen molar-refractivity contribution in [2.75, 3.05) is 20.5 Å². The van der Waals surface area contributed by atoms with Gasteiger partial charge in [0.15, 0.2) is 0 Å². The first-order chi connectivity index (χ1) is 11.5. The fraction of sp³-hybridized carbons (Fsp3) is 0.632. The van der Waals surface area contributed by atoms with E-state index >= 15 is 0 Å². The van der Waals surface area contributed by atoms with Crippen molar-refractivity contribution in [3.8, 4) is 12.3 Å². The monoisotopic (exact) mass is 338 g/mol. The largest absolute Gasteiger partial charge is 0.458 e. The van der Waals surface area contributed by atoms with Gasteiger partial charge in [-0.15, -0.1) is 12.3 Å². The van der Waals surface area contributed by atoms with E-state index in [0.29, 0.717) is 18.4 Å². The predicted molar refractivity (Wildman–Crippen MR) is 94.1 cm³/mol. The zero-order chi connectivity index (χ0) is 18.4. The van der Waals surface area contributed by atoms with Gasteiger partial charge in [-0.2, -0.15) is 0 Å². The van der Waals surface area contributed by atoms with E-state index in [2.05, 4.69) is 12.5 Å². The first-order valence-corrected chi connectivity index (χ1v) is 8.14. The van der Waals surface area contributed by atoms with Gasteiger partial charge in [0.2, 0.25) is 0 Å². The molecule has 0 aromatic rings. The second-order valence-corrected chi connectivity index (χ2v) is 5.64. The summed E-state index contributed by atoms with van der Waals surface area (Å²) in [7, 11) is 1.56. The number of aliphatic hydroxyl groups is 1. The smallest absolute Gasteiger partial charge is 0.333 e. The Balaban J connectivity index is 4.59. The molecule has 0 aliphatic heterocycles. The van der Waals surface area contributed by atoms with Gasteiger partial charge in [0.1, 0.15) is 13.4 Å². The number of methoxy groups -OCH3 is 1. The summed E-state index contributed by atoms with van der Waals surface area (Å²) in [5.41, 5.74) is 0.463. The highest BCUT2D eigenvalue weighted by Crippen LogP contribution is 2.21. The lowest BCUT2D eigenvalue weighted by Crippen LogP contribution is -2.32. The van der Waals surface area contributed by atoms with Gasteiger partial charge in [0, 0.05) is 25.0 Å². The molecule has 5 nitrogen and oxygen atoms in total. The van der Waals surface area contributed by atoms with Crippen molar-refractivity contribution in [3.63, 3.8) is 0 Å². The van der Waals surface area contributed by atoms with E-state index in [1.165, 1.54) is 6.08 Å². The number of esters is 1. The van der Waals surface area contributed by atoms with Crippen LogP contribution < -0.4 is 0 Å². The number of aliphatic hydroxyl groups excluding tert-OH is 1. The minimum Gasteiger partial charge on any atom is -0.458 e. The average molecular weight is 338 g/mol. The number of terminal acetylenes is 1. The first-order valence-electron chi connectivity index (χ1n) is 8.14. The molecule has 24 heavy (non-hydrogen) atoms. The molecule has 0 saturated heterocycles. The Morgan fingerprint density at radius 1 is 1.46 bits per heavy atom. The minimum atomic E-state index is -0.639. The van der Waals surface area contributed by atoms with Crippen LogP contribution in [0.3, 0.4) is 0 Å². The molecule has 0 aliphatic carbocycles. The molecule has 0 amide bonds. The zero-order valence-electron chi connectivity index (χ0n) is 15.0. The topological polar surface area (TPSA) is 65.0 Å². The van der Waals surface area contributed by atoms with E-state index < -0.39 is 12.1 Å². The fourth-order valence-electron chi connectivity index (χ4n) is 2.15. The van der Waals surface area contributed by atoms with Crippen molar-refractivity contribution >= 4 is 5.97 Å². The van der Waals surface area contributed by atoms with Crippen molar-refractivity contribution in [2.45, 2.75) is 51.7 Å². The van der Waals surface area contributed by atoms with Crippen molar-refractivity contribution in [3.05, 3.63) is 24.3 Å². The molecule has 0 unspecified atom stereocenters. The van der Waals surface area contributed by atoms with Gasteiger partial charge in [-0.05, 0) is 26.2 Å². The lowest BCUT2D eigenvalue weighted by molar-refractivity contribution is -0.137. The molecule has 0 radical (unpaired) electrons. The summed E-state index contributed by atoms with van der Waals surface area (Å²) < 4.78 is 15.5. The molecule has 5 heteroatoms. The summed E-state index contributed by atoms with van der Waals surface area (Å²) in [6, 6.07) is 0. The van der Waals surface area contributed by atoms with Gasteiger partial charge in [0.25, 0.3) is 0 Å². The summed E-state index contributed by atoms with van der Waals surface area (Å²) in [6.45, 7) is 7.41. The molecular weight excluding hydrogens is 308 g/mol. The molecule has 0 aromatic heterocycles. The highest BCUT2D eigenvalue weighted by Gasteiger charge is 2.24. The summed E-state index contributed by atoms with van der Waals surface area (Å²) in [5.74, 6) is 2.07. The van der Waals surface area contributed by atoms with Gasteiger partial charge >= 0.3 is 5.97 Å². The minimum absolute atomic E-state index is 0.119. The van der Waals surface area contributed by atoms with Crippen molar-refractivity contribution in [1.29, 1.82) is 0 Å². The number of rotatable bonds is 13. The van der Waals surface area contributed by atoms with Crippen molar-refractivity contribution < 1.29 is 24.1 Å². The van der Waals surface area contributed by atoms with Gasteiger partial charge in [0.05, 0.1) is 12.2 Å². The SMILES string of the molecule is C#CCCC[C@@H](OCOC)[C@@H](C)[C@@H](O)C/C=C(\C)C(=O)OCC=C. The second kappa shape index (κ2) is 13.8. The molecule has 0 aliphatic rings. The van der Waals surface area contributed by atoms with Crippen LogP contribution in [-0.4, -0.2) is 43.8 Å². The summed E-state index contributed by atoms with van der Waals surface area (Å²) in [4.78, 5) is 11.7. The van der Waals surface area contributed by atoms with Crippen LogP contribution in [-0.2, 0) is 19.0 Å². The predicted octanol–water partition coefficient (Wildman–Crippen LogP) is 2.84. The third kappa shape index (κ3) is 9.51. The van der Waals surface area contributed by atoms with Gasteiger partial charge in [-0.1, -0.05) is 25.7 Å². The third-order valence-corrected chi connectivity index (χ3v) is 3.72. The number of hydrogen-bond acceptors (Lipinski definition) is 5. The Labute approximate surface area is 145 Å². The molecule has 0 aromatic carbocycles. The maximum atomic E-state index is 11.7. The quantitative estimate of drug-likeness (QED) is 0.140. The van der Waals surface area contributed by atoms with E-state index in [-0.39, 0.29) is 25.4 Å². The van der Waals surface area contributed by atoms with E-state index in [9.17, 15) is 9.90 Å². The molecule has 136 valence electrons. The molecule has 0 bridgehead atoms. The van der Waals surface area contributed by atoms with Crippen LogP contribution in [0.2, 0.25) is 0 Å². The Morgan fingerprint density at radius 3 is 2.75 bits per heavy atom. The maximum absolute atomic E-state index is 11.7. The Kier molecular flexibility index (Phi) is 12.9. The van der Waals surface area contributed by atoms with E-state index in [4.69, 9.17) is 20.6 Å². The van der Waals surface area contributed by atoms with Crippen LogP contribution in [0.5, 0.6) is 0 Å². The third-order valence-electron chi connectivity index (χ3n) is 3.72. The first kappa shape index (κ1) is 22.4. The van der Waals surface area contributed by atoms with Gasteiger partial charge < -0.3 is 19.3 Å². The van der Waals surface area contributed by atoms with Gasteiger partial charge in [-0.3, -0.25) is 0 Å². The molecular formula is C19H30O5. The number of carbonyl (C=O) groups is 1. The Bertz CT molecular complexity index is 436. The number of carbonyl (C=O) groups excluding carboxylic acids is 1. The highest BCUT2D eigenvalue weighted by atomic mass is 16.7. The lowest BCUT2D eigenvalue weighted by Gasteiger charge is -2.27. The molecule has 0 fully saturated rings. The number of ether oxygens (including phenoxy) is 3. The van der Waals surface area contributed by atoms with Crippen LogP contribution in [0.25, 0.3) is 0 Å². The molecule has 1 N–H and O–H groups in total. The molecule has 0 heterocycles. The summed E-state index contributed by atoms with van der Waals surface area (Å²) in [5, 5.41) is 10.4. The standard InChI is InChI=1S/C19H30O5/c1-6-8-9-10-18(24-14-22-5)16(4)17(20)12-11-15(3)19(21)23-13-7-2/h1,7,11,16-18,20H,2,8-10,12-14H2,3-5H3/b15-11+/t16-,17-,18+/m0/s1. The molecule has 0 saturated carbocycles. The number of hydrogen-bond donors (Lipinski definition) is 1. The molecule has 0 spiro atoms. The molecule has 0 rings (SSSR count). The maximum Gasteiger partial charge on any atom is 0.333 e. The Morgan fingerprint density at radius 2 is 2.17 bits per heavy atom. The lowest BCUT2D eigenvalue weighted by atomic mass is 9.92. The van der Waals surface area contributed by atoms with E-state index in [0.717, 1.165) is 12.8 Å². The fourth-order valence-corrected chi connectivity index (χ4v) is 2.15. The Hall–Kier alpha value is -1.61. The molecule has 3 atom stereocenters. The zero-order valence-corrected chi connectivity index (χ0v) is 15.0. The van der Waals surface area contributed by atoms with Gasteiger partial charge in [-0.25, -0.2) is 4.79 Å². The van der Waals surface area contributed by atoms with Crippen LogP contribution >= 0.6 is 0 Å². The second-order valence-electron chi connectivity index (χ2n) is 5.64. The van der Waals surface area contributed by atoms with Crippen LogP contribution in [0, 0.1) is 18.3 Å².